The quantitative estimate of drug-likeness (QED) is 0.138. The van der Waals surface area contributed by atoms with Crippen molar-refractivity contribution in [3.8, 4) is 17.1 Å². The molecule has 0 radical (unpaired) electrons. The van der Waals surface area contributed by atoms with Gasteiger partial charge in [0.1, 0.15) is 5.75 Å². The molecule has 214 valence electrons. The Labute approximate surface area is 237 Å². The van der Waals surface area contributed by atoms with Crippen LogP contribution in [-0.2, 0) is 4.79 Å². The summed E-state index contributed by atoms with van der Waals surface area (Å²) in [7, 11) is 0. The van der Waals surface area contributed by atoms with E-state index in [-0.39, 0.29) is 11.9 Å². The molecule has 2 fully saturated rings. The molecule has 4 heteroatoms. The highest BCUT2D eigenvalue weighted by Crippen LogP contribution is 2.38. The molecule has 2 aromatic rings. The number of benzene rings is 1. The summed E-state index contributed by atoms with van der Waals surface area (Å²) >= 11 is 0. The number of esters is 1. The summed E-state index contributed by atoms with van der Waals surface area (Å²) in [4.78, 5) is 22.1. The summed E-state index contributed by atoms with van der Waals surface area (Å²) in [6.45, 7) is 4.54. The minimum Gasteiger partial charge on any atom is -0.426 e. The first-order valence-corrected chi connectivity index (χ1v) is 16.3. The van der Waals surface area contributed by atoms with Gasteiger partial charge < -0.3 is 4.74 Å². The molecule has 2 saturated carbocycles. The molecule has 0 spiro atoms. The predicted octanol–water partition coefficient (Wildman–Crippen LogP) is 10.1. The highest BCUT2D eigenvalue weighted by Gasteiger charge is 2.27. The fourth-order valence-corrected chi connectivity index (χ4v) is 6.76. The van der Waals surface area contributed by atoms with Crippen LogP contribution in [0.3, 0.4) is 0 Å². The van der Waals surface area contributed by atoms with E-state index in [1.807, 2.05) is 36.7 Å². The number of unbranched alkanes of at least 4 members (excludes halogenated alkanes) is 6. The summed E-state index contributed by atoms with van der Waals surface area (Å²) in [5, 5.41) is 0. The fourth-order valence-electron chi connectivity index (χ4n) is 6.76. The molecule has 39 heavy (non-hydrogen) atoms. The summed E-state index contributed by atoms with van der Waals surface area (Å²) in [6.07, 6.45) is 27.2. The molecule has 0 saturated heterocycles. The van der Waals surface area contributed by atoms with Crippen LogP contribution in [0.1, 0.15) is 141 Å². The van der Waals surface area contributed by atoms with Crippen molar-refractivity contribution in [3.05, 3.63) is 42.2 Å². The molecule has 0 N–H and O–H groups in total. The van der Waals surface area contributed by atoms with Crippen LogP contribution in [0.5, 0.6) is 5.75 Å². The maximum absolute atomic E-state index is 12.7. The van der Waals surface area contributed by atoms with Gasteiger partial charge in [-0.25, -0.2) is 9.97 Å². The number of aromatic nitrogens is 2. The lowest BCUT2D eigenvalue weighted by atomic mass is 9.77. The van der Waals surface area contributed by atoms with E-state index in [9.17, 15) is 4.79 Å². The van der Waals surface area contributed by atoms with E-state index >= 15 is 0 Å². The minimum absolute atomic E-state index is 0.0452. The second-order valence-corrected chi connectivity index (χ2v) is 12.4. The largest absolute Gasteiger partial charge is 0.426 e. The maximum Gasteiger partial charge on any atom is 0.314 e. The van der Waals surface area contributed by atoms with Gasteiger partial charge in [-0.15, -0.1) is 0 Å². The first-order chi connectivity index (χ1) is 19.2. The van der Waals surface area contributed by atoms with E-state index in [4.69, 9.17) is 14.7 Å². The Bertz CT molecular complexity index is 955. The van der Waals surface area contributed by atoms with Gasteiger partial charge in [0.15, 0.2) is 5.82 Å². The molecular formula is C35H52N2O2. The topological polar surface area (TPSA) is 52.1 Å². The van der Waals surface area contributed by atoms with Gasteiger partial charge in [0.2, 0.25) is 0 Å². The molecule has 1 aromatic heterocycles. The molecule has 1 heterocycles. The molecule has 2 aliphatic rings. The van der Waals surface area contributed by atoms with Crippen molar-refractivity contribution in [1.29, 1.82) is 0 Å². The lowest BCUT2D eigenvalue weighted by Gasteiger charge is -2.28. The molecule has 2 aliphatic carbocycles. The lowest BCUT2D eigenvalue weighted by molar-refractivity contribution is -0.140. The molecule has 1 aromatic carbocycles. The monoisotopic (exact) mass is 532 g/mol. The van der Waals surface area contributed by atoms with Gasteiger partial charge in [-0.2, -0.15) is 0 Å². The third-order valence-electron chi connectivity index (χ3n) is 9.43. The third-order valence-corrected chi connectivity index (χ3v) is 9.43. The van der Waals surface area contributed by atoms with E-state index in [2.05, 4.69) is 13.8 Å². The van der Waals surface area contributed by atoms with Gasteiger partial charge in [-0.05, 0) is 98.9 Å². The van der Waals surface area contributed by atoms with Gasteiger partial charge in [0, 0.05) is 18.0 Å². The Morgan fingerprint density at radius 2 is 1.26 bits per heavy atom. The van der Waals surface area contributed by atoms with Gasteiger partial charge in [-0.3, -0.25) is 4.79 Å². The van der Waals surface area contributed by atoms with E-state index in [0.717, 1.165) is 48.9 Å². The SMILES string of the molecule is CCCCCCCC1CCC(c2cnc(-c3ccc(OC(=O)C4CCC(CCCCC)CC4)cc3)nc2)CC1. The molecule has 0 bridgehead atoms. The number of carbonyl (C=O) groups excluding carboxylic acids is 1. The van der Waals surface area contributed by atoms with Crippen molar-refractivity contribution in [2.24, 2.45) is 17.8 Å². The fraction of sp³-hybridized carbons (Fsp3) is 0.686. The van der Waals surface area contributed by atoms with Crippen molar-refractivity contribution in [3.63, 3.8) is 0 Å². The zero-order chi connectivity index (χ0) is 27.3. The number of hydrogen-bond acceptors (Lipinski definition) is 4. The lowest BCUT2D eigenvalue weighted by Crippen LogP contribution is -2.25. The second-order valence-electron chi connectivity index (χ2n) is 12.4. The average molecular weight is 533 g/mol. The van der Waals surface area contributed by atoms with Crippen molar-refractivity contribution in [2.75, 3.05) is 0 Å². The Balaban J connectivity index is 1.19. The van der Waals surface area contributed by atoms with E-state index in [0.29, 0.717) is 11.7 Å². The van der Waals surface area contributed by atoms with Gasteiger partial charge >= 0.3 is 5.97 Å². The summed E-state index contributed by atoms with van der Waals surface area (Å²) < 4.78 is 5.75. The summed E-state index contributed by atoms with van der Waals surface area (Å²) in [6, 6.07) is 7.69. The number of carbonyl (C=O) groups is 1. The molecule has 4 nitrogen and oxygen atoms in total. The van der Waals surface area contributed by atoms with Crippen LogP contribution in [0.2, 0.25) is 0 Å². The first-order valence-electron chi connectivity index (χ1n) is 16.3. The molecule has 0 aliphatic heterocycles. The number of ether oxygens (including phenoxy) is 1. The predicted molar refractivity (Wildman–Crippen MR) is 161 cm³/mol. The van der Waals surface area contributed by atoms with Crippen LogP contribution in [0.15, 0.2) is 36.7 Å². The standard InChI is InChI=1S/C35H52N2O2/c1-3-5-7-8-10-12-28-13-17-29(18-14-28)32-25-36-34(37-26-32)30-21-23-33(24-22-30)39-35(38)31-19-15-27(16-20-31)11-9-6-4-2/h21-29,31H,3-20H2,1-2H3. The van der Waals surface area contributed by atoms with Gasteiger partial charge in [0.25, 0.3) is 0 Å². The number of rotatable bonds is 14. The number of hydrogen-bond donors (Lipinski definition) is 0. The molecule has 0 unspecified atom stereocenters. The highest BCUT2D eigenvalue weighted by molar-refractivity contribution is 5.75. The third kappa shape index (κ3) is 9.43. The molecule has 4 rings (SSSR count). The van der Waals surface area contributed by atoms with Crippen LogP contribution in [0, 0.1) is 17.8 Å². The second kappa shape index (κ2) is 16.1. The smallest absolute Gasteiger partial charge is 0.314 e. The first kappa shape index (κ1) is 29.7. The molecule has 0 atom stereocenters. The normalized spacial score (nSPS) is 23.4. The Hall–Kier alpha value is -2.23. The highest BCUT2D eigenvalue weighted by atomic mass is 16.5. The molecular weight excluding hydrogens is 480 g/mol. The zero-order valence-electron chi connectivity index (χ0n) is 24.7. The van der Waals surface area contributed by atoms with E-state index in [1.165, 1.54) is 95.5 Å². The van der Waals surface area contributed by atoms with Crippen LogP contribution in [0.4, 0.5) is 0 Å². The minimum atomic E-state index is -0.0680. The van der Waals surface area contributed by atoms with Gasteiger partial charge in [0.05, 0.1) is 5.92 Å². The Kier molecular flexibility index (Phi) is 12.3. The van der Waals surface area contributed by atoms with Crippen LogP contribution in [0.25, 0.3) is 11.4 Å². The van der Waals surface area contributed by atoms with Crippen LogP contribution < -0.4 is 4.74 Å². The van der Waals surface area contributed by atoms with Crippen molar-refractivity contribution < 1.29 is 9.53 Å². The summed E-state index contributed by atoms with van der Waals surface area (Å²) in [5.41, 5.74) is 2.24. The van der Waals surface area contributed by atoms with Crippen LogP contribution in [-0.4, -0.2) is 15.9 Å². The maximum atomic E-state index is 12.7. The zero-order valence-corrected chi connectivity index (χ0v) is 24.7. The number of nitrogens with zero attached hydrogens (tertiary/aromatic N) is 2. The molecule has 0 amide bonds. The Morgan fingerprint density at radius 3 is 1.87 bits per heavy atom. The van der Waals surface area contributed by atoms with E-state index < -0.39 is 0 Å². The van der Waals surface area contributed by atoms with Crippen molar-refractivity contribution in [1.82, 2.24) is 9.97 Å². The van der Waals surface area contributed by atoms with Crippen LogP contribution >= 0.6 is 0 Å². The van der Waals surface area contributed by atoms with Crippen molar-refractivity contribution >= 4 is 5.97 Å². The summed E-state index contributed by atoms with van der Waals surface area (Å²) in [5.74, 6) is 3.65. The van der Waals surface area contributed by atoms with E-state index in [1.54, 1.807) is 0 Å². The van der Waals surface area contributed by atoms with Crippen molar-refractivity contribution in [2.45, 2.75) is 135 Å². The average Bonchev–Trinajstić information content (AvgIpc) is 2.98. The van der Waals surface area contributed by atoms with Gasteiger partial charge in [-0.1, -0.05) is 78.1 Å². The Morgan fingerprint density at radius 1 is 0.718 bits per heavy atom.